The van der Waals surface area contributed by atoms with Crippen molar-refractivity contribution in [1.29, 1.82) is 0 Å². The highest BCUT2D eigenvalue weighted by atomic mass is 127. The van der Waals surface area contributed by atoms with Crippen molar-refractivity contribution in [3.8, 4) is 5.75 Å². The SMILES string of the molecule is C=Cc1cc(I)c(OCCC(=O)OC(C)(C)CC)c(I)c1. The van der Waals surface area contributed by atoms with Gasteiger partial charge in [0, 0.05) is 0 Å². The maximum absolute atomic E-state index is 11.8. The zero-order valence-electron chi connectivity index (χ0n) is 12.5. The molecule has 1 aromatic rings. The predicted molar refractivity (Wildman–Crippen MR) is 103 cm³/mol. The fourth-order valence-corrected chi connectivity index (χ4v) is 3.63. The van der Waals surface area contributed by atoms with Gasteiger partial charge in [0.1, 0.15) is 11.4 Å². The van der Waals surface area contributed by atoms with Crippen LogP contribution in [0.2, 0.25) is 0 Å². The van der Waals surface area contributed by atoms with E-state index in [1.54, 1.807) is 6.08 Å². The second-order valence-electron chi connectivity index (χ2n) is 5.20. The average molecular weight is 514 g/mol. The standard InChI is InChI=1S/C16H20I2O3/c1-5-11-9-12(17)15(13(18)10-11)20-8-7-14(19)21-16(3,4)6-2/h5,9-10H,1,6-8H2,2-4H3. The lowest BCUT2D eigenvalue weighted by Crippen LogP contribution is -2.27. The van der Waals surface area contributed by atoms with Gasteiger partial charge in [-0.25, -0.2) is 0 Å². The van der Waals surface area contributed by atoms with Gasteiger partial charge in [-0.3, -0.25) is 4.79 Å². The van der Waals surface area contributed by atoms with Crippen LogP contribution in [0.5, 0.6) is 5.75 Å². The lowest BCUT2D eigenvalue weighted by atomic mass is 10.1. The zero-order valence-corrected chi connectivity index (χ0v) is 16.9. The third-order valence-electron chi connectivity index (χ3n) is 3.05. The van der Waals surface area contributed by atoms with E-state index in [2.05, 4.69) is 51.8 Å². The van der Waals surface area contributed by atoms with Crippen LogP contribution in [0.3, 0.4) is 0 Å². The highest BCUT2D eigenvalue weighted by Gasteiger charge is 2.20. The van der Waals surface area contributed by atoms with Gasteiger partial charge in [-0.1, -0.05) is 19.6 Å². The minimum atomic E-state index is -0.411. The van der Waals surface area contributed by atoms with Gasteiger partial charge in [0.15, 0.2) is 0 Å². The molecule has 0 saturated carbocycles. The molecule has 0 N–H and O–H groups in total. The summed E-state index contributed by atoms with van der Waals surface area (Å²) in [5, 5.41) is 0. The van der Waals surface area contributed by atoms with Gasteiger partial charge in [-0.15, -0.1) is 0 Å². The maximum atomic E-state index is 11.8. The van der Waals surface area contributed by atoms with Crippen molar-refractivity contribution >= 4 is 57.2 Å². The van der Waals surface area contributed by atoms with Crippen LogP contribution in [0.1, 0.15) is 39.2 Å². The van der Waals surface area contributed by atoms with E-state index in [9.17, 15) is 4.79 Å². The van der Waals surface area contributed by atoms with Gasteiger partial charge in [0.05, 0.1) is 20.2 Å². The average Bonchev–Trinajstić information content (AvgIpc) is 2.41. The Morgan fingerprint density at radius 1 is 1.33 bits per heavy atom. The zero-order chi connectivity index (χ0) is 16.0. The Morgan fingerprint density at radius 2 is 1.90 bits per heavy atom. The highest BCUT2D eigenvalue weighted by molar-refractivity contribution is 14.1. The molecule has 0 radical (unpaired) electrons. The van der Waals surface area contributed by atoms with E-state index in [-0.39, 0.29) is 12.4 Å². The van der Waals surface area contributed by atoms with Crippen molar-refractivity contribution in [3.63, 3.8) is 0 Å². The van der Waals surface area contributed by atoms with Crippen LogP contribution in [-0.2, 0) is 9.53 Å². The van der Waals surface area contributed by atoms with E-state index in [1.165, 1.54) is 0 Å². The number of carbonyl (C=O) groups excluding carboxylic acids is 1. The molecule has 21 heavy (non-hydrogen) atoms. The van der Waals surface area contributed by atoms with Crippen LogP contribution >= 0.6 is 45.2 Å². The third kappa shape index (κ3) is 6.14. The lowest BCUT2D eigenvalue weighted by molar-refractivity contribution is -0.157. The first-order valence-corrected chi connectivity index (χ1v) is 8.91. The summed E-state index contributed by atoms with van der Waals surface area (Å²) in [6.07, 6.45) is 2.84. The van der Waals surface area contributed by atoms with Crippen molar-refractivity contribution in [1.82, 2.24) is 0 Å². The number of carbonyl (C=O) groups is 1. The number of hydrogen-bond donors (Lipinski definition) is 0. The summed E-state index contributed by atoms with van der Waals surface area (Å²) < 4.78 is 13.1. The topological polar surface area (TPSA) is 35.5 Å². The Kier molecular flexibility index (Phi) is 7.46. The van der Waals surface area contributed by atoms with Crippen LogP contribution in [0.25, 0.3) is 6.08 Å². The quantitative estimate of drug-likeness (QED) is 0.378. The number of esters is 1. The molecule has 0 bridgehead atoms. The number of hydrogen-bond acceptors (Lipinski definition) is 3. The van der Waals surface area contributed by atoms with Crippen LogP contribution in [0, 0.1) is 7.14 Å². The number of benzene rings is 1. The van der Waals surface area contributed by atoms with Gasteiger partial charge < -0.3 is 9.47 Å². The Balaban J connectivity index is 2.57. The Hall–Kier alpha value is -0.310. The van der Waals surface area contributed by atoms with Crippen molar-refractivity contribution in [2.45, 2.75) is 39.2 Å². The van der Waals surface area contributed by atoms with Gasteiger partial charge >= 0.3 is 5.97 Å². The summed E-state index contributed by atoms with van der Waals surface area (Å²) >= 11 is 4.45. The molecule has 0 aliphatic heterocycles. The first-order valence-electron chi connectivity index (χ1n) is 6.75. The fourth-order valence-electron chi connectivity index (χ4n) is 1.50. The number of rotatable bonds is 7. The van der Waals surface area contributed by atoms with Crippen molar-refractivity contribution in [2.24, 2.45) is 0 Å². The van der Waals surface area contributed by atoms with Gasteiger partial charge in [0.25, 0.3) is 0 Å². The molecular formula is C16H20I2O3. The minimum Gasteiger partial charge on any atom is -0.491 e. The summed E-state index contributed by atoms with van der Waals surface area (Å²) in [5.74, 6) is 0.582. The molecule has 0 fully saturated rings. The molecule has 0 heterocycles. The summed E-state index contributed by atoms with van der Waals surface area (Å²) in [7, 11) is 0. The number of halogens is 2. The van der Waals surface area contributed by atoms with Gasteiger partial charge in [-0.2, -0.15) is 0 Å². The summed E-state index contributed by atoms with van der Waals surface area (Å²) in [4.78, 5) is 11.8. The molecular weight excluding hydrogens is 494 g/mol. The lowest BCUT2D eigenvalue weighted by Gasteiger charge is -2.23. The summed E-state index contributed by atoms with van der Waals surface area (Å²) in [5.41, 5.74) is 0.645. The molecule has 116 valence electrons. The first-order chi connectivity index (χ1) is 9.79. The van der Waals surface area contributed by atoms with E-state index in [4.69, 9.17) is 9.47 Å². The largest absolute Gasteiger partial charge is 0.491 e. The molecule has 0 aliphatic rings. The van der Waals surface area contributed by atoms with Gasteiger partial charge in [0.2, 0.25) is 0 Å². The summed E-state index contributed by atoms with van der Waals surface area (Å²) in [6.45, 7) is 9.89. The van der Waals surface area contributed by atoms with E-state index in [1.807, 2.05) is 32.9 Å². The van der Waals surface area contributed by atoms with E-state index < -0.39 is 5.60 Å². The maximum Gasteiger partial charge on any atom is 0.309 e. The van der Waals surface area contributed by atoms with Crippen LogP contribution in [-0.4, -0.2) is 18.2 Å². The highest BCUT2D eigenvalue weighted by Crippen LogP contribution is 2.29. The second kappa shape index (κ2) is 8.36. The van der Waals surface area contributed by atoms with Crippen molar-refractivity contribution in [3.05, 3.63) is 31.4 Å². The van der Waals surface area contributed by atoms with E-state index >= 15 is 0 Å². The molecule has 0 unspecified atom stereocenters. The smallest absolute Gasteiger partial charge is 0.309 e. The normalized spacial score (nSPS) is 11.1. The molecule has 0 aromatic heterocycles. The number of ether oxygens (including phenoxy) is 2. The molecule has 0 amide bonds. The fraction of sp³-hybridized carbons (Fsp3) is 0.438. The molecule has 0 aliphatic carbocycles. The Bertz CT molecular complexity index is 501. The predicted octanol–water partition coefficient (Wildman–Crippen LogP) is 5.04. The Morgan fingerprint density at radius 3 is 2.38 bits per heavy atom. The summed E-state index contributed by atoms with van der Waals surface area (Å²) in [6, 6.07) is 4.01. The van der Waals surface area contributed by atoms with Crippen LogP contribution in [0.4, 0.5) is 0 Å². The van der Waals surface area contributed by atoms with Crippen molar-refractivity contribution < 1.29 is 14.3 Å². The van der Waals surface area contributed by atoms with Crippen LogP contribution in [0.15, 0.2) is 18.7 Å². The molecule has 5 heteroatoms. The molecule has 0 saturated heterocycles. The van der Waals surface area contributed by atoms with Crippen LogP contribution < -0.4 is 4.74 Å². The molecule has 0 atom stereocenters. The molecule has 3 nitrogen and oxygen atoms in total. The van der Waals surface area contributed by atoms with Gasteiger partial charge in [-0.05, 0) is 83.1 Å². The minimum absolute atomic E-state index is 0.227. The van der Waals surface area contributed by atoms with Crippen molar-refractivity contribution in [2.75, 3.05) is 6.61 Å². The second-order valence-corrected chi connectivity index (χ2v) is 7.53. The van der Waals surface area contributed by atoms with E-state index in [0.717, 1.165) is 24.9 Å². The molecule has 1 rings (SSSR count). The molecule has 1 aromatic carbocycles. The molecule has 0 spiro atoms. The monoisotopic (exact) mass is 514 g/mol. The Labute approximate surface area is 153 Å². The van der Waals surface area contributed by atoms with E-state index in [0.29, 0.717) is 6.61 Å². The third-order valence-corrected chi connectivity index (χ3v) is 4.65. The first kappa shape index (κ1) is 18.7.